The zero-order valence-corrected chi connectivity index (χ0v) is 15.4. The average molecular weight is 376 g/mol. The molecule has 0 bridgehead atoms. The molecular formula is C18H20N2O5S. The molecule has 1 aliphatic rings. The number of ether oxygens (including phenoxy) is 2. The van der Waals surface area contributed by atoms with Crippen LogP contribution in [0.5, 0.6) is 5.88 Å². The van der Waals surface area contributed by atoms with Crippen molar-refractivity contribution in [3.05, 3.63) is 53.7 Å². The summed E-state index contributed by atoms with van der Waals surface area (Å²) in [6, 6.07) is 11.2. The Bertz CT molecular complexity index is 896. The maximum Gasteiger partial charge on any atom is 0.337 e. The summed E-state index contributed by atoms with van der Waals surface area (Å²) in [5.74, 6) is -0.00841. The van der Waals surface area contributed by atoms with Crippen LogP contribution >= 0.6 is 0 Å². The molecule has 1 aliphatic heterocycles. The summed E-state index contributed by atoms with van der Waals surface area (Å²) in [7, 11) is -2.36. The fraction of sp³-hybridized carbons (Fsp3) is 0.333. The molecule has 138 valence electrons. The van der Waals surface area contributed by atoms with E-state index in [1.54, 1.807) is 6.07 Å². The Morgan fingerprint density at radius 1 is 1.19 bits per heavy atom. The minimum absolute atomic E-state index is 0.138. The number of aromatic nitrogens is 1. The second-order valence-corrected chi connectivity index (χ2v) is 7.96. The number of sulfonamides is 1. The predicted octanol–water partition coefficient (Wildman–Crippen LogP) is 2.02. The fourth-order valence-electron chi connectivity index (χ4n) is 2.80. The molecule has 1 atom stereocenters. The summed E-state index contributed by atoms with van der Waals surface area (Å²) >= 11 is 0. The molecule has 26 heavy (non-hydrogen) atoms. The quantitative estimate of drug-likeness (QED) is 0.742. The lowest BCUT2D eigenvalue weighted by Gasteiger charge is -2.17. The van der Waals surface area contributed by atoms with Crippen LogP contribution in [0.15, 0.2) is 47.4 Å². The van der Waals surface area contributed by atoms with Gasteiger partial charge in [-0.2, -0.15) is 4.31 Å². The van der Waals surface area contributed by atoms with E-state index < -0.39 is 16.0 Å². The van der Waals surface area contributed by atoms with Crippen molar-refractivity contribution in [3.8, 4) is 5.88 Å². The highest BCUT2D eigenvalue weighted by atomic mass is 32.2. The first-order valence-electron chi connectivity index (χ1n) is 8.19. The number of esters is 1. The predicted molar refractivity (Wildman–Crippen MR) is 94.5 cm³/mol. The number of carbonyl (C=O) groups excluding carboxylic acids is 1. The Morgan fingerprint density at radius 3 is 2.58 bits per heavy atom. The normalized spacial score (nSPS) is 17.8. The molecule has 1 fully saturated rings. The van der Waals surface area contributed by atoms with E-state index in [4.69, 9.17) is 4.74 Å². The third-order valence-electron chi connectivity index (χ3n) is 4.17. The van der Waals surface area contributed by atoms with Gasteiger partial charge in [0.1, 0.15) is 6.10 Å². The van der Waals surface area contributed by atoms with E-state index in [-0.39, 0.29) is 17.5 Å². The Hall–Kier alpha value is -2.45. The van der Waals surface area contributed by atoms with Crippen LogP contribution in [0, 0.1) is 6.92 Å². The Kier molecular flexibility index (Phi) is 5.24. The topological polar surface area (TPSA) is 85.8 Å². The Balaban J connectivity index is 1.69. The van der Waals surface area contributed by atoms with Gasteiger partial charge in [0.25, 0.3) is 0 Å². The third-order valence-corrected chi connectivity index (χ3v) is 6.05. The van der Waals surface area contributed by atoms with Gasteiger partial charge in [0.2, 0.25) is 15.9 Å². The molecule has 0 amide bonds. The third kappa shape index (κ3) is 3.86. The first-order chi connectivity index (χ1) is 12.4. The molecule has 7 nitrogen and oxygen atoms in total. The van der Waals surface area contributed by atoms with Crippen LogP contribution in [0.4, 0.5) is 0 Å². The SMILES string of the molecule is COC(=O)c1ccc(S(=O)(=O)N2CCC(Oc3cccc(C)n3)C2)cc1. The minimum Gasteiger partial charge on any atom is -0.473 e. The van der Waals surface area contributed by atoms with Gasteiger partial charge in [0.15, 0.2) is 0 Å². The number of hydrogen-bond donors (Lipinski definition) is 0. The molecule has 3 rings (SSSR count). The molecule has 1 aromatic carbocycles. The number of aryl methyl sites for hydroxylation is 1. The number of pyridine rings is 1. The molecule has 2 aromatic rings. The summed E-state index contributed by atoms with van der Waals surface area (Å²) in [5, 5.41) is 0. The second-order valence-electron chi connectivity index (χ2n) is 6.02. The molecule has 0 spiro atoms. The van der Waals surface area contributed by atoms with Gasteiger partial charge in [0.05, 0.1) is 24.1 Å². The van der Waals surface area contributed by atoms with Gasteiger partial charge in [-0.3, -0.25) is 0 Å². The van der Waals surface area contributed by atoms with E-state index >= 15 is 0 Å². The number of methoxy groups -OCH3 is 1. The van der Waals surface area contributed by atoms with Crippen LogP contribution < -0.4 is 4.74 Å². The second kappa shape index (κ2) is 7.43. The maximum atomic E-state index is 12.8. The summed E-state index contributed by atoms with van der Waals surface area (Å²) in [6.45, 7) is 2.50. The molecule has 2 heterocycles. The lowest BCUT2D eigenvalue weighted by molar-refractivity contribution is 0.0600. The molecule has 0 radical (unpaired) electrons. The van der Waals surface area contributed by atoms with Gasteiger partial charge in [-0.15, -0.1) is 0 Å². The molecule has 1 aromatic heterocycles. The first-order valence-corrected chi connectivity index (χ1v) is 9.63. The summed E-state index contributed by atoms with van der Waals surface area (Å²) < 4.78 is 37.4. The molecule has 0 saturated carbocycles. The van der Waals surface area contributed by atoms with E-state index in [9.17, 15) is 13.2 Å². The molecular weight excluding hydrogens is 356 g/mol. The average Bonchev–Trinajstić information content (AvgIpc) is 3.10. The number of hydrogen-bond acceptors (Lipinski definition) is 6. The van der Waals surface area contributed by atoms with Crippen LogP contribution in [0.2, 0.25) is 0 Å². The zero-order valence-electron chi connectivity index (χ0n) is 14.6. The Labute approximate surface area is 152 Å². The van der Waals surface area contributed by atoms with Crippen molar-refractivity contribution in [3.63, 3.8) is 0 Å². The first kappa shape index (κ1) is 18.3. The lowest BCUT2D eigenvalue weighted by Crippen LogP contribution is -2.31. The summed E-state index contributed by atoms with van der Waals surface area (Å²) in [4.78, 5) is 15.9. The molecule has 8 heteroatoms. The van der Waals surface area contributed by atoms with Crippen LogP contribution in [0.3, 0.4) is 0 Å². The monoisotopic (exact) mass is 376 g/mol. The number of rotatable bonds is 5. The van der Waals surface area contributed by atoms with E-state index in [2.05, 4.69) is 9.72 Å². The fourth-order valence-corrected chi connectivity index (χ4v) is 4.28. The van der Waals surface area contributed by atoms with Crippen LogP contribution in [-0.2, 0) is 14.8 Å². The van der Waals surface area contributed by atoms with Crippen LogP contribution in [0.1, 0.15) is 22.5 Å². The van der Waals surface area contributed by atoms with Crippen molar-refractivity contribution in [2.45, 2.75) is 24.3 Å². The van der Waals surface area contributed by atoms with Crippen molar-refractivity contribution in [1.29, 1.82) is 0 Å². The highest BCUT2D eigenvalue weighted by Crippen LogP contribution is 2.24. The number of carbonyl (C=O) groups is 1. The van der Waals surface area contributed by atoms with E-state index in [0.717, 1.165) is 5.69 Å². The van der Waals surface area contributed by atoms with E-state index in [1.165, 1.54) is 35.7 Å². The van der Waals surface area contributed by atoms with E-state index in [1.807, 2.05) is 19.1 Å². The van der Waals surface area contributed by atoms with Crippen molar-refractivity contribution in [2.24, 2.45) is 0 Å². The van der Waals surface area contributed by atoms with Crippen molar-refractivity contribution in [1.82, 2.24) is 9.29 Å². The highest BCUT2D eigenvalue weighted by Gasteiger charge is 2.33. The number of benzene rings is 1. The van der Waals surface area contributed by atoms with Gasteiger partial charge in [0, 0.05) is 18.3 Å². The van der Waals surface area contributed by atoms with Crippen molar-refractivity contribution >= 4 is 16.0 Å². The van der Waals surface area contributed by atoms with Crippen LogP contribution in [-0.4, -0.2) is 50.0 Å². The smallest absolute Gasteiger partial charge is 0.337 e. The van der Waals surface area contributed by atoms with Gasteiger partial charge in [-0.05, 0) is 43.7 Å². The standard InChI is InChI=1S/C18H20N2O5S/c1-13-4-3-5-17(19-13)25-15-10-11-20(12-15)26(22,23)16-8-6-14(7-9-16)18(21)24-2/h3-9,15H,10-12H2,1-2H3. The maximum absolute atomic E-state index is 12.8. The van der Waals surface area contributed by atoms with Gasteiger partial charge in [-0.25, -0.2) is 18.2 Å². The molecule has 0 aliphatic carbocycles. The van der Waals surface area contributed by atoms with Crippen LogP contribution in [0.25, 0.3) is 0 Å². The minimum atomic E-state index is -3.64. The van der Waals surface area contributed by atoms with Gasteiger partial charge in [-0.1, -0.05) is 6.07 Å². The summed E-state index contributed by atoms with van der Waals surface area (Å²) in [6.07, 6.45) is 0.350. The van der Waals surface area contributed by atoms with Crippen molar-refractivity contribution in [2.75, 3.05) is 20.2 Å². The Morgan fingerprint density at radius 2 is 1.92 bits per heavy atom. The highest BCUT2D eigenvalue weighted by molar-refractivity contribution is 7.89. The molecule has 0 N–H and O–H groups in total. The van der Waals surface area contributed by atoms with Gasteiger partial charge < -0.3 is 9.47 Å². The number of nitrogens with zero attached hydrogens (tertiary/aromatic N) is 2. The van der Waals surface area contributed by atoms with Crippen molar-refractivity contribution < 1.29 is 22.7 Å². The molecule has 1 saturated heterocycles. The lowest BCUT2D eigenvalue weighted by atomic mass is 10.2. The zero-order chi connectivity index (χ0) is 18.7. The van der Waals surface area contributed by atoms with E-state index in [0.29, 0.717) is 24.4 Å². The van der Waals surface area contributed by atoms with Gasteiger partial charge >= 0.3 is 5.97 Å². The largest absolute Gasteiger partial charge is 0.473 e. The summed E-state index contributed by atoms with van der Waals surface area (Å²) in [5.41, 5.74) is 1.15. The molecule has 1 unspecified atom stereocenters.